The van der Waals surface area contributed by atoms with Crippen molar-refractivity contribution < 1.29 is 13.5 Å². The van der Waals surface area contributed by atoms with Gasteiger partial charge in [0.2, 0.25) is 10.0 Å². The SMILES string of the molecule is Nc1ccc(CN2CCN(S(=O)(=O)CCCO)CC2)cc1. The molecule has 0 aliphatic carbocycles. The molecule has 2 rings (SSSR count). The van der Waals surface area contributed by atoms with Crippen LogP contribution in [0.15, 0.2) is 24.3 Å². The van der Waals surface area contributed by atoms with Crippen LogP contribution in [0.25, 0.3) is 0 Å². The average Bonchev–Trinajstić information content (AvgIpc) is 2.48. The van der Waals surface area contributed by atoms with Gasteiger partial charge in [0, 0.05) is 45.0 Å². The second kappa shape index (κ2) is 7.22. The smallest absolute Gasteiger partial charge is 0.214 e. The van der Waals surface area contributed by atoms with E-state index < -0.39 is 10.0 Å². The highest BCUT2D eigenvalue weighted by molar-refractivity contribution is 7.89. The lowest BCUT2D eigenvalue weighted by Gasteiger charge is -2.34. The van der Waals surface area contributed by atoms with Gasteiger partial charge in [0.1, 0.15) is 0 Å². The lowest BCUT2D eigenvalue weighted by Crippen LogP contribution is -2.48. The molecule has 0 bridgehead atoms. The number of sulfonamides is 1. The van der Waals surface area contributed by atoms with E-state index in [1.54, 1.807) is 0 Å². The predicted molar refractivity (Wildman–Crippen MR) is 83.2 cm³/mol. The molecule has 1 aromatic rings. The summed E-state index contributed by atoms with van der Waals surface area (Å²) in [6.45, 7) is 3.21. The first kappa shape index (κ1) is 16.2. The lowest BCUT2D eigenvalue weighted by molar-refractivity contribution is 0.181. The Bertz CT molecular complexity index is 537. The van der Waals surface area contributed by atoms with Gasteiger partial charge in [-0.15, -0.1) is 0 Å². The number of nitrogens with two attached hydrogens (primary N) is 1. The highest BCUT2D eigenvalue weighted by Crippen LogP contribution is 2.13. The van der Waals surface area contributed by atoms with Crippen LogP contribution in [0.1, 0.15) is 12.0 Å². The zero-order chi connectivity index (χ0) is 15.3. The molecule has 6 nitrogen and oxygen atoms in total. The van der Waals surface area contributed by atoms with Gasteiger partial charge < -0.3 is 10.8 Å². The molecular weight excluding hydrogens is 290 g/mol. The Morgan fingerprint density at radius 2 is 1.71 bits per heavy atom. The van der Waals surface area contributed by atoms with E-state index in [0.29, 0.717) is 19.5 Å². The number of anilines is 1. The topological polar surface area (TPSA) is 86.9 Å². The Kier molecular flexibility index (Phi) is 5.58. The largest absolute Gasteiger partial charge is 0.399 e. The molecule has 1 aliphatic heterocycles. The van der Waals surface area contributed by atoms with Crippen molar-refractivity contribution in [3.8, 4) is 0 Å². The van der Waals surface area contributed by atoms with Crippen LogP contribution >= 0.6 is 0 Å². The summed E-state index contributed by atoms with van der Waals surface area (Å²) in [5.41, 5.74) is 7.59. The van der Waals surface area contributed by atoms with Gasteiger partial charge in [0.05, 0.1) is 5.75 Å². The zero-order valence-electron chi connectivity index (χ0n) is 12.1. The standard InChI is InChI=1S/C14H23N3O3S/c15-14-4-2-13(3-5-14)12-16-6-8-17(9-7-16)21(19,20)11-1-10-18/h2-5,18H,1,6-12,15H2. The second-order valence-electron chi connectivity index (χ2n) is 5.31. The first-order valence-electron chi connectivity index (χ1n) is 7.17. The van der Waals surface area contributed by atoms with E-state index >= 15 is 0 Å². The minimum atomic E-state index is -3.22. The summed E-state index contributed by atoms with van der Waals surface area (Å²) in [5, 5.41) is 8.75. The molecule has 3 N–H and O–H groups in total. The summed E-state index contributed by atoms with van der Waals surface area (Å²) in [6.07, 6.45) is 0.300. The quantitative estimate of drug-likeness (QED) is 0.727. The van der Waals surface area contributed by atoms with Gasteiger partial charge >= 0.3 is 0 Å². The summed E-state index contributed by atoms with van der Waals surface area (Å²) in [5.74, 6) is 0.0292. The molecule has 118 valence electrons. The van der Waals surface area contributed by atoms with Crippen LogP contribution in [0.5, 0.6) is 0 Å². The van der Waals surface area contributed by atoms with Crippen LogP contribution in [0.3, 0.4) is 0 Å². The Hall–Kier alpha value is -1.15. The maximum atomic E-state index is 12.0. The van der Waals surface area contributed by atoms with E-state index in [2.05, 4.69) is 4.90 Å². The van der Waals surface area contributed by atoms with E-state index in [0.717, 1.165) is 25.3 Å². The van der Waals surface area contributed by atoms with Crippen LogP contribution in [-0.2, 0) is 16.6 Å². The van der Waals surface area contributed by atoms with Gasteiger partial charge in [-0.2, -0.15) is 4.31 Å². The molecule has 1 fully saturated rings. The normalized spacial score (nSPS) is 18.0. The third-order valence-corrected chi connectivity index (χ3v) is 5.63. The van der Waals surface area contributed by atoms with Crippen LogP contribution in [0.4, 0.5) is 5.69 Å². The van der Waals surface area contributed by atoms with Crippen molar-refractivity contribution in [2.45, 2.75) is 13.0 Å². The molecule has 0 unspecified atom stereocenters. The van der Waals surface area contributed by atoms with Gasteiger partial charge in [-0.1, -0.05) is 12.1 Å². The first-order valence-corrected chi connectivity index (χ1v) is 8.77. The Balaban J connectivity index is 1.84. The number of hydrogen-bond donors (Lipinski definition) is 2. The second-order valence-corrected chi connectivity index (χ2v) is 7.40. The summed E-state index contributed by atoms with van der Waals surface area (Å²) in [7, 11) is -3.22. The molecule has 0 aromatic heterocycles. The summed E-state index contributed by atoms with van der Waals surface area (Å²) in [4.78, 5) is 2.24. The van der Waals surface area contributed by atoms with Crippen molar-refractivity contribution in [2.24, 2.45) is 0 Å². The van der Waals surface area contributed by atoms with E-state index in [4.69, 9.17) is 10.8 Å². The van der Waals surface area contributed by atoms with Gasteiger partial charge in [-0.3, -0.25) is 4.90 Å². The van der Waals surface area contributed by atoms with Crippen molar-refractivity contribution in [2.75, 3.05) is 44.3 Å². The third-order valence-electron chi connectivity index (χ3n) is 3.67. The Morgan fingerprint density at radius 1 is 1.10 bits per heavy atom. The summed E-state index contributed by atoms with van der Waals surface area (Å²) in [6, 6.07) is 7.76. The van der Waals surface area contributed by atoms with E-state index in [1.807, 2.05) is 24.3 Å². The van der Waals surface area contributed by atoms with E-state index in [9.17, 15) is 8.42 Å². The maximum absolute atomic E-state index is 12.0. The van der Waals surface area contributed by atoms with Crippen LogP contribution < -0.4 is 5.73 Å². The number of benzene rings is 1. The average molecular weight is 313 g/mol. The van der Waals surface area contributed by atoms with E-state index in [1.165, 1.54) is 9.87 Å². The molecule has 21 heavy (non-hydrogen) atoms. The number of nitrogens with zero attached hydrogens (tertiary/aromatic N) is 2. The number of hydrogen-bond acceptors (Lipinski definition) is 5. The fraction of sp³-hybridized carbons (Fsp3) is 0.571. The molecule has 1 aliphatic rings. The fourth-order valence-electron chi connectivity index (χ4n) is 2.42. The number of nitrogen functional groups attached to an aromatic ring is 1. The van der Waals surface area contributed by atoms with Gasteiger partial charge in [-0.05, 0) is 24.1 Å². The summed E-state index contributed by atoms with van der Waals surface area (Å²) < 4.78 is 25.6. The summed E-state index contributed by atoms with van der Waals surface area (Å²) >= 11 is 0. The van der Waals surface area contributed by atoms with Crippen LogP contribution in [-0.4, -0.2) is 61.3 Å². The molecule has 0 spiro atoms. The van der Waals surface area contributed by atoms with Crippen LogP contribution in [0, 0.1) is 0 Å². The minimum absolute atomic E-state index is 0.0292. The van der Waals surface area contributed by atoms with Gasteiger partial charge in [-0.25, -0.2) is 8.42 Å². The third kappa shape index (κ3) is 4.67. The minimum Gasteiger partial charge on any atom is -0.399 e. The molecule has 0 radical (unpaired) electrons. The maximum Gasteiger partial charge on any atom is 0.214 e. The molecule has 0 saturated carbocycles. The lowest BCUT2D eigenvalue weighted by atomic mass is 10.2. The van der Waals surface area contributed by atoms with Crippen molar-refractivity contribution in [3.05, 3.63) is 29.8 Å². The molecule has 1 aromatic carbocycles. The Labute approximate surface area is 126 Å². The molecular formula is C14H23N3O3S. The zero-order valence-corrected chi connectivity index (χ0v) is 12.9. The molecule has 0 amide bonds. The van der Waals surface area contributed by atoms with E-state index in [-0.39, 0.29) is 12.4 Å². The molecule has 1 heterocycles. The molecule has 0 atom stereocenters. The highest BCUT2D eigenvalue weighted by atomic mass is 32.2. The van der Waals surface area contributed by atoms with Gasteiger partial charge in [0.25, 0.3) is 0 Å². The van der Waals surface area contributed by atoms with Crippen molar-refractivity contribution in [1.29, 1.82) is 0 Å². The number of piperazine rings is 1. The van der Waals surface area contributed by atoms with Crippen molar-refractivity contribution in [1.82, 2.24) is 9.21 Å². The molecule has 1 saturated heterocycles. The van der Waals surface area contributed by atoms with Crippen molar-refractivity contribution >= 4 is 15.7 Å². The van der Waals surface area contributed by atoms with Gasteiger partial charge in [0.15, 0.2) is 0 Å². The predicted octanol–water partition coefficient (Wildman–Crippen LogP) is 0.0986. The number of aliphatic hydroxyl groups excluding tert-OH is 1. The van der Waals surface area contributed by atoms with Crippen LogP contribution in [0.2, 0.25) is 0 Å². The highest BCUT2D eigenvalue weighted by Gasteiger charge is 2.26. The first-order chi connectivity index (χ1) is 10.0. The molecule has 7 heteroatoms. The number of aliphatic hydroxyl groups is 1. The van der Waals surface area contributed by atoms with Crippen molar-refractivity contribution in [3.63, 3.8) is 0 Å². The fourth-order valence-corrected chi connectivity index (χ4v) is 3.89. The number of rotatable bonds is 6. The Morgan fingerprint density at radius 3 is 2.29 bits per heavy atom. The monoisotopic (exact) mass is 313 g/mol.